The molecule has 2 heterocycles. The van der Waals surface area contributed by atoms with Crippen LogP contribution in [0.1, 0.15) is 12.2 Å². The number of ether oxygens (including phenoxy) is 1. The molecule has 100 valence electrons. The van der Waals surface area contributed by atoms with Crippen LogP contribution in [0.4, 0.5) is 0 Å². The van der Waals surface area contributed by atoms with E-state index in [-0.39, 0.29) is 11.9 Å². The van der Waals surface area contributed by atoms with Gasteiger partial charge in [0.05, 0.1) is 13.7 Å². The van der Waals surface area contributed by atoms with Gasteiger partial charge >= 0.3 is 0 Å². The number of carbonyl (C=O) groups is 1. The third-order valence-corrected chi connectivity index (χ3v) is 3.32. The van der Waals surface area contributed by atoms with E-state index in [4.69, 9.17) is 9.15 Å². The van der Waals surface area contributed by atoms with Crippen LogP contribution in [0.5, 0.6) is 5.75 Å². The van der Waals surface area contributed by atoms with E-state index in [9.17, 15) is 4.79 Å². The van der Waals surface area contributed by atoms with Gasteiger partial charge < -0.3 is 19.8 Å². The minimum atomic E-state index is 0.101. The number of furan rings is 1. The number of para-hydroxylation sites is 1. The Morgan fingerprint density at radius 2 is 2.42 bits per heavy atom. The summed E-state index contributed by atoms with van der Waals surface area (Å²) in [7, 11) is 1.63. The molecule has 1 unspecified atom stereocenters. The molecular formula is C14H16N2O3. The molecule has 1 fully saturated rings. The highest BCUT2D eigenvalue weighted by Crippen LogP contribution is 2.28. The maximum atomic E-state index is 11.1. The quantitative estimate of drug-likeness (QED) is 0.872. The van der Waals surface area contributed by atoms with Gasteiger partial charge in [0.2, 0.25) is 5.91 Å². The minimum Gasteiger partial charge on any atom is -0.493 e. The van der Waals surface area contributed by atoms with E-state index in [0.717, 1.165) is 22.5 Å². The molecule has 0 radical (unpaired) electrons. The highest BCUT2D eigenvalue weighted by Gasteiger charge is 2.21. The summed E-state index contributed by atoms with van der Waals surface area (Å²) in [5, 5.41) is 7.13. The van der Waals surface area contributed by atoms with Gasteiger partial charge in [-0.3, -0.25) is 4.79 Å². The van der Waals surface area contributed by atoms with Crippen LogP contribution in [0.3, 0.4) is 0 Å². The van der Waals surface area contributed by atoms with Crippen molar-refractivity contribution in [2.75, 3.05) is 13.7 Å². The molecule has 1 saturated heterocycles. The Balaban J connectivity index is 1.73. The Labute approximate surface area is 110 Å². The van der Waals surface area contributed by atoms with Crippen LogP contribution in [0, 0.1) is 0 Å². The lowest BCUT2D eigenvalue weighted by molar-refractivity contribution is -0.119. The molecule has 1 aromatic heterocycles. The predicted octanol–water partition coefficient (Wildman–Crippen LogP) is 1.42. The summed E-state index contributed by atoms with van der Waals surface area (Å²) in [6.45, 7) is 1.29. The fraction of sp³-hybridized carbons (Fsp3) is 0.357. The maximum absolute atomic E-state index is 11.1. The van der Waals surface area contributed by atoms with Gasteiger partial charge in [0.1, 0.15) is 5.76 Å². The summed E-state index contributed by atoms with van der Waals surface area (Å²) in [6.07, 6.45) is 0.531. The Morgan fingerprint density at radius 3 is 3.16 bits per heavy atom. The van der Waals surface area contributed by atoms with Crippen molar-refractivity contribution in [3.63, 3.8) is 0 Å². The third-order valence-electron chi connectivity index (χ3n) is 3.32. The first-order chi connectivity index (χ1) is 9.26. The van der Waals surface area contributed by atoms with Gasteiger partial charge in [-0.2, -0.15) is 0 Å². The van der Waals surface area contributed by atoms with E-state index < -0.39 is 0 Å². The zero-order valence-electron chi connectivity index (χ0n) is 10.7. The minimum absolute atomic E-state index is 0.101. The molecule has 0 bridgehead atoms. The summed E-state index contributed by atoms with van der Waals surface area (Å²) in [5.41, 5.74) is 0.766. The molecule has 0 saturated carbocycles. The number of benzene rings is 1. The summed E-state index contributed by atoms with van der Waals surface area (Å²) in [5.74, 6) is 1.68. The fourth-order valence-corrected chi connectivity index (χ4v) is 2.33. The van der Waals surface area contributed by atoms with Gasteiger partial charge in [-0.15, -0.1) is 0 Å². The van der Waals surface area contributed by atoms with Crippen LogP contribution in [0.15, 0.2) is 28.7 Å². The van der Waals surface area contributed by atoms with Crippen LogP contribution >= 0.6 is 0 Å². The van der Waals surface area contributed by atoms with E-state index in [1.54, 1.807) is 7.11 Å². The summed E-state index contributed by atoms with van der Waals surface area (Å²) >= 11 is 0. The lowest BCUT2D eigenvalue weighted by Gasteiger charge is -2.07. The van der Waals surface area contributed by atoms with E-state index >= 15 is 0 Å². The van der Waals surface area contributed by atoms with Gasteiger partial charge in [-0.05, 0) is 12.1 Å². The maximum Gasteiger partial charge on any atom is 0.221 e. The number of carbonyl (C=O) groups excluding carboxylic acids is 1. The zero-order valence-corrected chi connectivity index (χ0v) is 10.7. The molecule has 5 nitrogen and oxygen atoms in total. The Hall–Kier alpha value is -2.01. The lowest BCUT2D eigenvalue weighted by atomic mass is 10.2. The fourth-order valence-electron chi connectivity index (χ4n) is 2.33. The van der Waals surface area contributed by atoms with Crippen LogP contribution in [-0.4, -0.2) is 25.6 Å². The van der Waals surface area contributed by atoms with E-state index in [1.165, 1.54) is 0 Å². The molecule has 1 aliphatic heterocycles. The number of nitrogens with one attached hydrogen (secondary N) is 2. The summed E-state index contributed by atoms with van der Waals surface area (Å²) < 4.78 is 11.0. The number of hydrogen-bond donors (Lipinski definition) is 2. The van der Waals surface area contributed by atoms with Crippen molar-refractivity contribution >= 4 is 16.9 Å². The van der Waals surface area contributed by atoms with Crippen molar-refractivity contribution in [3.8, 4) is 5.75 Å². The van der Waals surface area contributed by atoms with Gasteiger partial charge in [-0.25, -0.2) is 0 Å². The molecule has 1 atom stereocenters. The van der Waals surface area contributed by atoms with Crippen LogP contribution < -0.4 is 15.4 Å². The van der Waals surface area contributed by atoms with Crippen LogP contribution in [-0.2, 0) is 11.3 Å². The van der Waals surface area contributed by atoms with Gasteiger partial charge in [0.15, 0.2) is 11.3 Å². The van der Waals surface area contributed by atoms with Gasteiger partial charge in [-0.1, -0.05) is 12.1 Å². The average molecular weight is 260 g/mol. The molecule has 2 aromatic rings. The Bertz CT molecular complexity index is 606. The molecule has 3 rings (SSSR count). The standard InChI is InChI=1S/C14H16N2O3/c1-18-12-4-2-3-9-5-11(19-14(9)12)8-15-10-6-13(17)16-7-10/h2-5,10,15H,6-8H2,1H3,(H,16,17). The van der Waals surface area contributed by atoms with Crippen molar-refractivity contribution in [1.29, 1.82) is 0 Å². The molecule has 1 aliphatic rings. The first kappa shape index (κ1) is 12.0. The number of hydrogen-bond acceptors (Lipinski definition) is 4. The van der Waals surface area contributed by atoms with Crippen molar-refractivity contribution < 1.29 is 13.9 Å². The van der Waals surface area contributed by atoms with Crippen molar-refractivity contribution in [3.05, 3.63) is 30.0 Å². The third kappa shape index (κ3) is 2.42. The second-order valence-corrected chi connectivity index (χ2v) is 4.68. The molecular weight excluding hydrogens is 244 g/mol. The number of methoxy groups -OCH3 is 1. The summed E-state index contributed by atoms with van der Waals surface area (Å²) in [4.78, 5) is 11.1. The number of rotatable bonds is 4. The van der Waals surface area contributed by atoms with E-state index in [1.807, 2.05) is 24.3 Å². The second-order valence-electron chi connectivity index (χ2n) is 4.68. The molecule has 1 aromatic carbocycles. The Kier molecular flexibility index (Phi) is 3.13. The average Bonchev–Trinajstić information content (AvgIpc) is 3.01. The lowest BCUT2D eigenvalue weighted by Crippen LogP contribution is -2.30. The first-order valence-electron chi connectivity index (χ1n) is 6.32. The second kappa shape index (κ2) is 4.93. The first-order valence-corrected chi connectivity index (χ1v) is 6.32. The monoisotopic (exact) mass is 260 g/mol. The number of fused-ring (bicyclic) bond motifs is 1. The highest BCUT2D eigenvalue weighted by atomic mass is 16.5. The smallest absolute Gasteiger partial charge is 0.221 e. The molecule has 5 heteroatoms. The topological polar surface area (TPSA) is 63.5 Å². The predicted molar refractivity (Wildman–Crippen MR) is 71.0 cm³/mol. The molecule has 2 N–H and O–H groups in total. The molecule has 0 spiro atoms. The van der Waals surface area contributed by atoms with Gasteiger partial charge in [0.25, 0.3) is 0 Å². The number of amides is 1. The Morgan fingerprint density at radius 1 is 1.53 bits per heavy atom. The molecule has 0 aliphatic carbocycles. The van der Waals surface area contributed by atoms with Gasteiger partial charge in [0, 0.05) is 24.4 Å². The normalized spacial score (nSPS) is 18.8. The van der Waals surface area contributed by atoms with Crippen molar-refractivity contribution in [2.45, 2.75) is 19.0 Å². The SMILES string of the molecule is COc1cccc2cc(CNC3CNC(=O)C3)oc12. The van der Waals surface area contributed by atoms with E-state index in [0.29, 0.717) is 19.5 Å². The highest BCUT2D eigenvalue weighted by molar-refractivity contribution is 5.83. The molecule has 19 heavy (non-hydrogen) atoms. The van der Waals surface area contributed by atoms with Crippen molar-refractivity contribution in [1.82, 2.24) is 10.6 Å². The molecule has 1 amide bonds. The zero-order chi connectivity index (χ0) is 13.2. The van der Waals surface area contributed by atoms with E-state index in [2.05, 4.69) is 10.6 Å². The van der Waals surface area contributed by atoms with Crippen LogP contribution in [0.2, 0.25) is 0 Å². The largest absolute Gasteiger partial charge is 0.493 e. The van der Waals surface area contributed by atoms with Crippen molar-refractivity contribution in [2.24, 2.45) is 0 Å². The van der Waals surface area contributed by atoms with Crippen LogP contribution in [0.25, 0.3) is 11.0 Å². The summed E-state index contributed by atoms with van der Waals surface area (Å²) in [6, 6.07) is 7.99.